The first-order valence-corrected chi connectivity index (χ1v) is 6.87. The Morgan fingerprint density at radius 1 is 1.53 bits per heavy atom. The number of hydrogen-bond donors (Lipinski definition) is 2. The molecule has 2 atom stereocenters. The number of ether oxygens (including phenoxy) is 1. The van der Waals surface area contributed by atoms with E-state index in [1.165, 1.54) is 5.56 Å². The fourth-order valence-electron chi connectivity index (χ4n) is 2.22. The number of nitrogens with one attached hydrogen (secondary N) is 2. The lowest BCUT2D eigenvalue weighted by atomic mass is 10.2. The lowest BCUT2D eigenvalue weighted by Crippen LogP contribution is -2.41. The van der Waals surface area contributed by atoms with Crippen molar-refractivity contribution >= 4 is 11.6 Å². The van der Waals surface area contributed by atoms with Crippen LogP contribution in [-0.4, -0.2) is 31.2 Å². The van der Waals surface area contributed by atoms with Gasteiger partial charge in [-0.15, -0.1) is 0 Å². The Bertz CT molecular complexity index is 428. The monoisotopic (exact) mass is 262 g/mol. The molecule has 1 aromatic rings. The maximum Gasteiger partial charge on any atom is 0.242 e. The standard InChI is InChI=1S/C15H22N2O2/c1-11-5-3-6-13(9-11)17-12(2)15(18)16-10-14-7-4-8-19-14/h3,5-6,9,12,14,17H,4,7-8,10H2,1-2H3,(H,16,18). The fourth-order valence-corrected chi connectivity index (χ4v) is 2.22. The number of aryl methyl sites for hydroxylation is 1. The molecule has 2 rings (SSSR count). The summed E-state index contributed by atoms with van der Waals surface area (Å²) in [4.78, 5) is 12.0. The summed E-state index contributed by atoms with van der Waals surface area (Å²) in [6.45, 7) is 5.33. The first kappa shape index (κ1) is 13.9. The van der Waals surface area contributed by atoms with Gasteiger partial charge in [-0.05, 0) is 44.4 Å². The summed E-state index contributed by atoms with van der Waals surface area (Å²) in [7, 11) is 0. The normalized spacial score (nSPS) is 20.0. The number of amides is 1. The maximum atomic E-state index is 12.0. The fraction of sp³-hybridized carbons (Fsp3) is 0.533. The van der Waals surface area contributed by atoms with Crippen molar-refractivity contribution in [3.8, 4) is 0 Å². The van der Waals surface area contributed by atoms with E-state index in [0.29, 0.717) is 6.54 Å². The lowest BCUT2D eigenvalue weighted by molar-refractivity contribution is -0.122. The summed E-state index contributed by atoms with van der Waals surface area (Å²) < 4.78 is 5.48. The van der Waals surface area contributed by atoms with Gasteiger partial charge < -0.3 is 15.4 Å². The summed E-state index contributed by atoms with van der Waals surface area (Å²) in [5.74, 6) is 0.0111. The molecular weight excluding hydrogens is 240 g/mol. The highest BCUT2D eigenvalue weighted by atomic mass is 16.5. The van der Waals surface area contributed by atoms with Gasteiger partial charge in [0.2, 0.25) is 5.91 Å². The largest absolute Gasteiger partial charge is 0.376 e. The summed E-state index contributed by atoms with van der Waals surface area (Å²) in [6, 6.07) is 7.77. The van der Waals surface area contributed by atoms with E-state index in [0.717, 1.165) is 25.1 Å². The van der Waals surface area contributed by atoms with Crippen molar-refractivity contribution in [3.05, 3.63) is 29.8 Å². The molecular formula is C15H22N2O2. The second kappa shape index (κ2) is 6.57. The minimum absolute atomic E-state index is 0.0111. The topological polar surface area (TPSA) is 50.4 Å². The van der Waals surface area contributed by atoms with Crippen LogP contribution in [-0.2, 0) is 9.53 Å². The van der Waals surface area contributed by atoms with Crippen LogP contribution in [0.5, 0.6) is 0 Å². The second-order valence-corrected chi connectivity index (χ2v) is 5.12. The number of carbonyl (C=O) groups excluding carboxylic acids is 1. The van der Waals surface area contributed by atoms with Crippen molar-refractivity contribution in [3.63, 3.8) is 0 Å². The molecule has 1 fully saturated rings. The highest BCUT2D eigenvalue weighted by Crippen LogP contribution is 2.12. The Morgan fingerprint density at radius 2 is 2.37 bits per heavy atom. The predicted molar refractivity (Wildman–Crippen MR) is 76.2 cm³/mol. The molecule has 0 bridgehead atoms. The highest BCUT2D eigenvalue weighted by Gasteiger charge is 2.18. The molecule has 0 radical (unpaired) electrons. The molecule has 19 heavy (non-hydrogen) atoms. The van der Waals surface area contributed by atoms with E-state index in [2.05, 4.69) is 10.6 Å². The Balaban J connectivity index is 1.78. The van der Waals surface area contributed by atoms with Crippen molar-refractivity contribution in [2.24, 2.45) is 0 Å². The Kier molecular flexibility index (Phi) is 4.80. The molecule has 4 heteroatoms. The Hall–Kier alpha value is -1.55. The SMILES string of the molecule is Cc1cccc(NC(C)C(=O)NCC2CCCO2)c1. The third-order valence-electron chi connectivity index (χ3n) is 3.32. The van der Waals surface area contributed by atoms with Gasteiger partial charge in [0.25, 0.3) is 0 Å². The third kappa shape index (κ3) is 4.24. The van der Waals surface area contributed by atoms with Crippen LogP contribution in [0.4, 0.5) is 5.69 Å². The van der Waals surface area contributed by atoms with E-state index in [4.69, 9.17) is 4.74 Å². The molecule has 2 N–H and O–H groups in total. The van der Waals surface area contributed by atoms with E-state index in [9.17, 15) is 4.79 Å². The van der Waals surface area contributed by atoms with Crippen LogP contribution in [0.15, 0.2) is 24.3 Å². The summed E-state index contributed by atoms with van der Waals surface area (Å²) in [5.41, 5.74) is 2.15. The van der Waals surface area contributed by atoms with Crippen molar-refractivity contribution in [2.45, 2.75) is 38.8 Å². The highest BCUT2D eigenvalue weighted by molar-refractivity contribution is 5.84. The number of carbonyl (C=O) groups is 1. The zero-order valence-electron chi connectivity index (χ0n) is 11.6. The van der Waals surface area contributed by atoms with Gasteiger partial charge in [-0.3, -0.25) is 4.79 Å². The third-order valence-corrected chi connectivity index (χ3v) is 3.32. The molecule has 4 nitrogen and oxygen atoms in total. The minimum Gasteiger partial charge on any atom is -0.376 e. The molecule has 1 saturated heterocycles. The molecule has 1 amide bonds. The number of anilines is 1. The molecule has 104 valence electrons. The van der Waals surface area contributed by atoms with Gasteiger partial charge in [0.15, 0.2) is 0 Å². The van der Waals surface area contributed by atoms with E-state index < -0.39 is 0 Å². The van der Waals surface area contributed by atoms with Crippen LogP contribution >= 0.6 is 0 Å². The van der Waals surface area contributed by atoms with Crippen LogP contribution in [0.2, 0.25) is 0 Å². The minimum atomic E-state index is -0.247. The van der Waals surface area contributed by atoms with E-state index in [-0.39, 0.29) is 18.1 Å². The summed E-state index contributed by atoms with van der Waals surface area (Å²) >= 11 is 0. The quantitative estimate of drug-likeness (QED) is 0.854. The van der Waals surface area contributed by atoms with Gasteiger partial charge in [0.1, 0.15) is 6.04 Å². The lowest BCUT2D eigenvalue weighted by Gasteiger charge is -2.17. The molecule has 1 heterocycles. The van der Waals surface area contributed by atoms with Gasteiger partial charge >= 0.3 is 0 Å². The molecule has 0 saturated carbocycles. The van der Waals surface area contributed by atoms with E-state index in [1.54, 1.807) is 0 Å². The van der Waals surface area contributed by atoms with Crippen LogP contribution in [0.3, 0.4) is 0 Å². The van der Waals surface area contributed by atoms with Crippen LogP contribution in [0.1, 0.15) is 25.3 Å². The number of benzene rings is 1. The van der Waals surface area contributed by atoms with Gasteiger partial charge in [0, 0.05) is 18.8 Å². The molecule has 1 aliphatic rings. The first-order chi connectivity index (χ1) is 9.15. The second-order valence-electron chi connectivity index (χ2n) is 5.12. The number of rotatable bonds is 5. The average molecular weight is 262 g/mol. The zero-order valence-corrected chi connectivity index (χ0v) is 11.6. The van der Waals surface area contributed by atoms with E-state index >= 15 is 0 Å². The van der Waals surface area contributed by atoms with Crippen molar-refractivity contribution < 1.29 is 9.53 Å². The van der Waals surface area contributed by atoms with Crippen molar-refractivity contribution in [2.75, 3.05) is 18.5 Å². The molecule has 1 aliphatic heterocycles. The average Bonchev–Trinajstić information content (AvgIpc) is 2.89. The summed E-state index contributed by atoms with van der Waals surface area (Å²) in [6.07, 6.45) is 2.33. The zero-order chi connectivity index (χ0) is 13.7. The van der Waals surface area contributed by atoms with Crippen molar-refractivity contribution in [1.29, 1.82) is 0 Å². The number of hydrogen-bond acceptors (Lipinski definition) is 3. The van der Waals surface area contributed by atoms with Gasteiger partial charge in [-0.25, -0.2) is 0 Å². The molecule has 0 aromatic heterocycles. The van der Waals surface area contributed by atoms with Gasteiger partial charge in [-0.1, -0.05) is 12.1 Å². The van der Waals surface area contributed by atoms with Crippen LogP contribution < -0.4 is 10.6 Å². The Labute approximate surface area is 114 Å². The molecule has 2 unspecified atom stereocenters. The van der Waals surface area contributed by atoms with Crippen LogP contribution in [0.25, 0.3) is 0 Å². The first-order valence-electron chi connectivity index (χ1n) is 6.87. The smallest absolute Gasteiger partial charge is 0.242 e. The van der Waals surface area contributed by atoms with E-state index in [1.807, 2.05) is 38.1 Å². The predicted octanol–water partition coefficient (Wildman–Crippen LogP) is 2.09. The van der Waals surface area contributed by atoms with Crippen LogP contribution in [0, 0.1) is 6.92 Å². The van der Waals surface area contributed by atoms with Crippen molar-refractivity contribution in [1.82, 2.24) is 5.32 Å². The molecule has 0 aliphatic carbocycles. The van der Waals surface area contributed by atoms with Gasteiger partial charge in [0.05, 0.1) is 6.10 Å². The Morgan fingerprint density at radius 3 is 3.05 bits per heavy atom. The summed E-state index contributed by atoms with van der Waals surface area (Å²) in [5, 5.41) is 6.14. The molecule has 1 aromatic carbocycles. The maximum absolute atomic E-state index is 12.0. The molecule has 0 spiro atoms. The van der Waals surface area contributed by atoms with Gasteiger partial charge in [-0.2, -0.15) is 0 Å².